The minimum atomic E-state index is -0.847. The number of halogens is 1. The highest BCUT2D eigenvalue weighted by Crippen LogP contribution is 2.27. The number of hydrogen-bond acceptors (Lipinski definition) is 5. The lowest BCUT2D eigenvalue weighted by molar-refractivity contribution is -0.0459. The maximum Gasteiger partial charge on any atom is 0.330 e. The number of nitrogens with zero attached hydrogens (tertiary/aromatic N) is 1. The van der Waals surface area contributed by atoms with Crippen LogP contribution in [0.15, 0.2) is 32.0 Å². The Bertz CT molecular complexity index is 663. The molecule has 0 aromatic carbocycles. The van der Waals surface area contributed by atoms with E-state index in [0.717, 1.165) is 0 Å². The maximum atomic E-state index is 11.9. The molecule has 21 heavy (non-hydrogen) atoms. The van der Waals surface area contributed by atoms with Crippen LogP contribution in [0, 0.1) is 0 Å². The molecule has 0 aliphatic carbocycles. The van der Waals surface area contributed by atoms with E-state index in [0.29, 0.717) is 5.56 Å². The third-order valence-corrected chi connectivity index (χ3v) is 3.56. The highest BCUT2D eigenvalue weighted by Gasteiger charge is 2.35. The van der Waals surface area contributed by atoms with Crippen molar-refractivity contribution in [3.05, 3.63) is 48.8 Å². The van der Waals surface area contributed by atoms with Gasteiger partial charge in [-0.25, -0.2) is 4.79 Å². The van der Waals surface area contributed by atoms with E-state index < -0.39 is 29.7 Å². The zero-order valence-corrected chi connectivity index (χ0v) is 13.1. The first kappa shape index (κ1) is 16.1. The topological polar surface area (TPSA) is 105 Å². The average Bonchev–Trinajstić information content (AvgIpc) is 2.82. The Morgan fingerprint density at radius 2 is 2.24 bits per heavy atom. The van der Waals surface area contributed by atoms with Gasteiger partial charge in [-0.3, -0.25) is 14.3 Å². The van der Waals surface area contributed by atoms with Gasteiger partial charge in [0.25, 0.3) is 5.56 Å². The molecule has 0 spiro atoms. The standard InChI is InChI=1S/C13H15IN2O5/c14-4-2-1-3-8-6-16(13(20)15-12(8)19)11-5-9(18)10(7-17)21-11/h1-4,6,9-11,17-18H,5,7H2,(H,15,19,20)/t9-,10+,11+/m0/s1. The van der Waals surface area contributed by atoms with Crippen molar-refractivity contribution in [2.75, 3.05) is 6.61 Å². The van der Waals surface area contributed by atoms with Gasteiger partial charge in [0, 0.05) is 12.6 Å². The van der Waals surface area contributed by atoms with Crippen LogP contribution in [0.5, 0.6) is 0 Å². The SMILES string of the molecule is O=c1[nH]c(=O)n([C@H]2C[C@H](O)[C@@H](CO)O2)cc1C=CC=CI. The molecule has 2 heterocycles. The van der Waals surface area contributed by atoms with Crippen LogP contribution in [0.25, 0.3) is 6.08 Å². The molecule has 0 saturated carbocycles. The van der Waals surface area contributed by atoms with E-state index in [-0.39, 0.29) is 13.0 Å². The maximum absolute atomic E-state index is 11.9. The van der Waals surface area contributed by atoms with Crippen molar-refractivity contribution >= 4 is 28.7 Å². The minimum Gasteiger partial charge on any atom is -0.394 e. The van der Waals surface area contributed by atoms with Crippen molar-refractivity contribution in [1.29, 1.82) is 0 Å². The Labute approximate surface area is 133 Å². The van der Waals surface area contributed by atoms with Gasteiger partial charge in [0.15, 0.2) is 0 Å². The number of aliphatic hydroxyl groups is 2. The predicted octanol–water partition coefficient (Wildman–Crippen LogP) is 0.139. The number of nitrogens with one attached hydrogen (secondary N) is 1. The second-order valence-electron chi connectivity index (χ2n) is 4.54. The van der Waals surface area contributed by atoms with E-state index in [4.69, 9.17) is 9.84 Å². The molecule has 1 saturated heterocycles. The van der Waals surface area contributed by atoms with Crippen molar-refractivity contribution in [3.8, 4) is 0 Å². The van der Waals surface area contributed by atoms with E-state index >= 15 is 0 Å². The van der Waals surface area contributed by atoms with Gasteiger partial charge >= 0.3 is 5.69 Å². The molecule has 0 unspecified atom stereocenters. The van der Waals surface area contributed by atoms with Crippen LogP contribution in [0.1, 0.15) is 18.2 Å². The molecule has 1 fully saturated rings. The molecule has 8 heteroatoms. The first-order chi connectivity index (χ1) is 10.1. The fraction of sp³-hybridized carbons (Fsp3) is 0.385. The van der Waals surface area contributed by atoms with Gasteiger partial charge in [-0.1, -0.05) is 34.7 Å². The largest absolute Gasteiger partial charge is 0.394 e. The summed E-state index contributed by atoms with van der Waals surface area (Å²) in [5.41, 5.74) is -0.807. The highest BCUT2D eigenvalue weighted by atomic mass is 127. The van der Waals surface area contributed by atoms with E-state index in [2.05, 4.69) is 4.98 Å². The summed E-state index contributed by atoms with van der Waals surface area (Å²) in [6.45, 7) is -0.330. The summed E-state index contributed by atoms with van der Waals surface area (Å²) in [4.78, 5) is 25.8. The number of aliphatic hydroxyl groups excluding tert-OH is 2. The number of H-pyrrole nitrogens is 1. The summed E-state index contributed by atoms with van der Waals surface area (Å²) in [7, 11) is 0. The predicted molar refractivity (Wildman–Crippen MR) is 85.1 cm³/mol. The number of aromatic nitrogens is 2. The summed E-state index contributed by atoms with van der Waals surface area (Å²) in [5, 5.41) is 18.8. The number of allylic oxidation sites excluding steroid dienone is 2. The van der Waals surface area contributed by atoms with Gasteiger partial charge in [-0.05, 0) is 10.2 Å². The van der Waals surface area contributed by atoms with Crippen molar-refractivity contribution in [2.45, 2.75) is 24.9 Å². The zero-order chi connectivity index (χ0) is 15.4. The Balaban J connectivity index is 2.34. The normalized spacial score (nSPS) is 26.1. The number of hydrogen-bond donors (Lipinski definition) is 3. The van der Waals surface area contributed by atoms with E-state index in [1.54, 1.807) is 22.3 Å². The van der Waals surface area contributed by atoms with Crippen molar-refractivity contribution in [1.82, 2.24) is 9.55 Å². The number of ether oxygens (including phenoxy) is 1. The molecular formula is C13H15IN2O5. The molecule has 0 bridgehead atoms. The molecule has 1 aliphatic rings. The van der Waals surface area contributed by atoms with Gasteiger partial charge < -0.3 is 14.9 Å². The van der Waals surface area contributed by atoms with Crippen LogP contribution >= 0.6 is 22.6 Å². The third-order valence-electron chi connectivity index (χ3n) is 3.15. The van der Waals surface area contributed by atoms with Crippen LogP contribution in [0.2, 0.25) is 0 Å². The van der Waals surface area contributed by atoms with Crippen LogP contribution in [-0.4, -0.2) is 38.6 Å². The van der Waals surface area contributed by atoms with Gasteiger partial charge in [0.1, 0.15) is 12.3 Å². The molecule has 3 N–H and O–H groups in total. The molecule has 7 nitrogen and oxygen atoms in total. The average molecular weight is 406 g/mol. The second kappa shape index (κ2) is 7.16. The minimum absolute atomic E-state index is 0.175. The van der Waals surface area contributed by atoms with Gasteiger partial charge in [-0.2, -0.15) is 0 Å². The zero-order valence-electron chi connectivity index (χ0n) is 11.0. The quantitative estimate of drug-likeness (QED) is 0.488. The first-order valence-electron chi connectivity index (χ1n) is 6.30. The molecule has 3 atom stereocenters. The molecule has 114 valence electrons. The van der Waals surface area contributed by atoms with Crippen LogP contribution in [-0.2, 0) is 4.74 Å². The monoisotopic (exact) mass is 406 g/mol. The van der Waals surface area contributed by atoms with Crippen molar-refractivity contribution in [2.24, 2.45) is 0 Å². The Morgan fingerprint density at radius 1 is 1.48 bits per heavy atom. The summed E-state index contributed by atoms with van der Waals surface area (Å²) >= 11 is 2.05. The lowest BCUT2D eigenvalue weighted by Crippen LogP contribution is -2.33. The van der Waals surface area contributed by atoms with Crippen molar-refractivity contribution in [3.63, 3.8) is 0 Å². The Kier molecular flexibility index (Phi) is 5.51. The van der Waals surface area contributed by atoms with Crippen LogP contribution in [0.3, 0.4) is 0 Å². The smallest absolute Gasteiger partial charge is 0.330 e. The van der Waals surface area contributed by atoms with Crippen molar-refractivity contribution < 1.29 is 14.9 Å². The third kappa shape index (κ3) is 3.70. The molecular weight excluding hydrogens is 391 g/mol. The fourth-order valence-corrected chi connectivity index (χ4v) is 2.32. The lowest BCUT2D eigenvalue weighted by atomic mass is 10.2. The lowest BCUT2D eigenvalue weighted by Gasteiger charge is -2.14. The molecule has 1 aromatic rings. The van der Waals surface area contributed by atoms with Gasteiger partial charge in [0.05, 0.1) is 18.3 Å². The summed E-state index contributed by atoms with van der Waals surface area (Å²) in [6, 6.07) is 0. The summed E-state index contributed by atoms with van der Waals surface area (Å²) in [5.74, 6) is 0. The second-order valence-corrected chi connectivity index (χ2v) is 5.26. The van der Waals surface area contributed by atoms with Gasteiger partial charge in [0.2, 0.25) is 0 Å². The molecule has 1 aromatic heterocycles. The Morgan fingerprint density at radius 3 is 2.86 bits per heavy atom. The van der Waals surface area contributed by atoms with E-state index in [1.165, 1.54) is 10.8 Å². The number of aromatic amines is 1. The molecule has 0 amide bonds. The van der Waals surface area contributed by atoms with Crippen LogP contribution in [0.4, 0.5) is 0 Å². The number of rotatable bonds is 4. The first-order valence-corrected chi connectivity index (χ1v) is 7.54. The summed E-state index contributed by atoms with van der Waals surface area (Å²) < 4.78 is 8.41. The van der Waals surface area contributed by atoms with E-state index in [1.807, 2.05) is 22.6 Å². The fourth-order valence-electron chi connectivity index (χ4n) is 2.09. The Hall–Kier alpha value is -1.23. The van der Waals surface area contributed by atoms with Crippen LogP contribution < -0.4 is 11.2 Å². The molecule has 0 radical (unpaired) electrons. The van der Waals surface area contributed by atoms with E-state index in [9.17, 15) is 14.7 Å². The summed E-state index contributed by atoms with van der Waals surface area (Å²) in [6.07, 6.45) is 4.26. The van der Waals surface area contributed by atoms with Gasteiger partial charge in [-0.15, -0.1) is 0 Å². The molecule has 1 aliphatic heterocycles. The highest BCUT2D eigenvalue weighted by molar-refractivity contribution is 14.1. The molecule has 2 rings (SSSR count).